The Morgan fingerprint density at radius 1 is 1.25 bits per heavy atom. The number of anilines is 1. The van der Waals surface area contributed by atoms with Gasteiger partial charge in [-0.25, -0.2) is 0 Å². The van der Waals surface area contributed by atoms with Crippen LogP contribution in [0.5, 0.6) is 0 Å². The topological polar surface area (TPSA) is 49.7 Å². The zero-order valence-corrected chi connectivity index (χ0v) is 13.5. The molecular formula is C14H20N2O2S2. The van der Waals surface area contributed by atoms with Crippen LogP contribution in [-0.4, -0.2) is 27.1 Å². The number of para-hydroxylation sites is 1. The summed E-state index contributed by atoms with van der Waals surface area (Å²) in [6.07, 6.45) is 3.42. The van der Waals surface area contributed by atoms with Crippen molar-refractivity contribution >= 4 is 34.7 Å². The number of hydrogen-bond donors (Lipinski definition) is 1. The van der Waals surface area contributed by atoms with E-state index in [1.54, 1.807) is 12.1 Å². The maximum atomic E-state index is 12.0. The lowest BCUT2D eigenvalue weighted by Gasteiger charge is -2.36. The fraction of sp³-hybridized carbons (Fsp3) is 0.500. The normalized spacial score (nSPS) is 17.1. The Kier molecular flexibility index (Phi) is 4.44. The predicted molar refractivity (Wildman–Crippen MR) is 86.3 cm³/mol. The van der Waals surface area contributed by atoms with Crippen molar-refractivity contribution in [2.45, 2.75) is 31.6 Å². The number of hydrogen-bond acceptors (Lipinski definition) is 4. The predicted octanol–water partition coefficient (Wildman–Crippen LogP) is 2.96. The highest BCUT2D eigenvalue weighted by molar-refractivity contribution is 7.90. The van der Waals surface area contributed by atoms with Gasteiger partial charge in [-0.15, -0.1) is 4.40 Å². The minimum absolute atomic E-state index is 0.0589. The molecule has 0 aromatic heterocycles. The van der Waals surface area contributed by atoms with Gasteiger partial charge in [0.05, 0.1) is 5.69 Å². The molecule has 1 aliphatic rings. The van der Waals surface area contributed by atoms with Gasteiger partial charge >= 0.3 is 0 Å². The van der Waals surface area contributed by atoms with E-state index in [1.807, 2.05) is 17.0 Å². The first-order valence-corrected chi connectivity index (χ1v) is 8.82. The minimum Gasteiger partial charge on any atom is -0.330 e. The van der Waals surface area contributed by atoms with Crippen LogP contribution in [0.3, 0.4) is 0 Å². The highest BCUT2D eigenvalue weighted by Crippen LogP contribution is 2.35. The summed E-state index contributed by atoms with van der Waals surface area (Å²) in [5.41, 5.74) is 0.763. The second-order valence-corrected chi connectivity index (χ2v) is 7.07. The third-order valence-corrected chi connectivity index (χ3v) is 6.06. The Hall–Kier alpha value is -1.01. The second-order valence-electron chi connectivity index (χ2n) is 5.16. The van der Waals surface area contributed by atoms with Crippen LogP contribution in [-0.2, 0) is 10.0 Å². The van der Waals surface area contributed by atoms with E-state index in [-0.39, 0.29) is 10.3 Å². The van der Waals surface area contributed by atoms with Gasteiger partial charge in [-0.2, -0.15) is 21.0 Å². The summed E-state index contributed by atoms with van der Waals surface area (Å²) in [5, 5.41) is 0. The fourth-order valence-corrected chi connectivity index (χ4v) is 3.98. The molecule has 1 heterocycles. The largest absolute Gasteiger partial charge is 0.330 e. The Morgan fingerprint density at radius 3 is 2.50 bits per heavy atom. The molecule has 0 unspecified atom stereocenters. The van der Waals surface area contributed by atoms with Crippen LogP contribution in [0.2, 0.25) is 0 Å². The summed E-state index contributed by atoms with van der Waals surface area (Å²) in [7, 11) is -3.54. The smallest absolute Gasteiger partial charge is 0.285 e. The lowest BCUT2D eigenvalue weighted by molar-refractivity contribution is 0.320. The molecule has 1 aromatic carbocycles. The molecule has 0 fully saturated rings. The van der Waals surface area contributed by atoms with Crippen LogP contribution in [0, 0.1) is 5.41 Å². The van der Waals surface area contributed by atoms with Crippen LogP contribution in [0.4, 0.5) is 5.69 Å². The van der Waals surface area contributed by atoms with E-state index in [9.17, 15) is 8.42 Å². The fourth-order valence-electron chi connectivity index (χ4n) is 2.39. The van der Waals surface area contributed by atoms with E-state index < -0.39 is 10.0 Å². The molecule has 0 atom stereocenters. The highest BCUT2D eigenvalue weighted by atomic mass is 32.2. The molecule has 0 radical (unpaired) electrons. The molecule has 2 rings (SSSR count). The molecule has 110 valence electrons. The van der Waals surface area contributed by atoms with Gasteiger partial charge in [0.1, 0.15) is 11.2 Å². The van der Waals surface area contributed by atoms with Gasteiger partial charge < -0.3 is 4.90 Å². The molecule has 20 heavy (non-hydrogen) atoms. The van der Waals surface area contributed by atoms with Gasteiger partial charge in [-0.05, 0) is 36.1 Å². The molecule has 0 saturated carbocycles. The van der Waals surface area contributed by atoms with Gasteiger partial charge in [0.25, 0.3) is 10.0 Å². The average molecular weight is 312 g/mol. The van der Waals surface area contributed by atoms with Crippen LogP contribution >= 0.6 is 12.6 Å². The van der Waals surface area contributed by atoms with Gasteiger partial charge in [-0.1, -0.05) is 26.0 Å². The molecule has 0 spiro atoms. The quantitative estimate of drug-likeness (QED) is 0.850. The molecule has 0 amide bonds. The lowest BCUT2D eigenvalue weighted by atomic mass is 9.84. The van der Waals surface area contributed by atoms with Crippen molar-refractivity contribution in [2.24, 2.45) is 9.81 Å². The Labute approximate surface area is 126 Å². The summed E-state index contributed by atoms with van der Waals surface area (Å²) in [4.78, 5) is 2.21. The van der Waals surface area contributed by atoms with Crippen molar-refractivity contribution in [1.82, 2.24) is 0 Å². The van der Waals surface area contributed by atoms with Crippen molar-refractivity contribution < 1.29 is 8.42 Å². The zero-order valence-electron chi connectivity index (χ0n) is 11.8. The highest BCUT2D eigenvalue weighted by Gasteiger charge is 2.31. The zero-order chi connectivity index (χ0) is 14.8. The van der Waals surface area contributed by atoms with E-state index in [0.717, 1.165) is 25.1 Å². The first-order valence-electron chi connectivity index (χ1n) is 6.75. The van der Waals surface area contributed by atoms with Crippen LogP contribution in [0.15, 0.2) is 33.6 Å². The van der Waals surface area contributed by atoms with Crippen LogP contribution in [0.1, 0.15) is 26.7 Å². The number of fused-ring (bicyclic) bond motifs is 1. The minimum atomic E-state index is -3.54. The van der Waals surface area contributed by atoms with Crippen LogP contribution in [0.25, 0.3) is 0 Å². The van der Waals surface area contributed by atoms with Gasteiger partial charge in [-0.3, -0.25) is 0 Å². The maximum absolute atomic E-state index is 12.0. The molecule has 6 heteroatoms. The lowest BCUT2D eigenvalue weighted by Crippen LogP contribution is -2.39. The first-order chi connectivity index (χ1) is 9.48. The second kappa shape index (κ2) is 5.77. The maximum Gasteiger partial charge on any atom is 0.285 e. The van der Waals surface area contributed by atoms with Crippen molar-refractivity contribution in [2.75, 3.05) is 17.2 Å². The van der Waals surface area contributed by atoms with Crippen molar-refractivity contribution in [1.29, 1.82) is 0 Å². The summed E-state index contributed by atoms with van der Waals surface area (Å²) in [6, 6.07) is 7.00. The standard InChI is InChI=1S/C14H20N2O2S2/c1-3-14(4-2,10-19)9-16-11-15-20(17,18)13-8-6-5-7-12(13)16/h5-8,11,19H,3-4,9-10H2,1-2H3. The molecule has 1 aliphatic heterocycles. The third-order valence-electron chi connectivity index (χ3n) is 4.12. The molecular weight excluding hydrogens is 292 g/mol. The summed E-state index contributed by atoms with van der Waals surface area (Å²) >= 11 is 4.48. The van der Waals surface area contributed by atoms with E-state index in [2.05, 4.69) is 30.9 Å². The average Bonchev–Trinajstić information content (AvgIpc) is 2.48. The molecule has 0 saturated heterocycles. The van der Waals surface area contributed by atoms with Crippen molar-refractivity contribution in [3.05, 3.63) is 24.3 Å². The van der Waals surface area contributed by atoms with E-state index in [1.165, 1.54) is 6.34 Å². The Bertz CT molecular complexity index is 599. The molecule has 0 aliphatic carbocycles. The SMILES string of the molecule is CCC(CC)(CS)CN1C=NS(=O)(=O)c2ccccc21. The van der Waals surface area contributed by atoms with E-state index in [4.69, 9.17) is 0 Å². The summed E-state index contributed by atoms with van der Waals surface area (Å²) < 4.78 is 27.6. The van der Waals surface area contributed by atoms with Crippen molar-refractivity contribution in [3.63, 3.8) is 0 Å². The van der Waals surface area contributed by atoms with Gasteiger partial charge in [0.2, 0.25) is 0 Å². The van der Waals surface area contributed by atoms with E-state index in [0.29, 0.717) is 5.69 Å². The number of thiol groups is 1. The van der Waals surface area contributed by atoms with Crippen LogP contribution < -0.4 is 4.90 Å². The van der Waals surface area contributed by atoms with Gasteiger partial charge in [0, 0.05) is 6.54 Å². The first kappa shape index (κ1) is 15.4. The number of sulfonamides is 1. The van der Waals surface area contributed by atoms with E-state index >= 15 is 0 Å². The monoisotopic (exact) mass is 312 g/mol. The molecule has 1 aromatic rings. The third kappa shape index (κ3) is 2.72. The Morgan fingerprint density at radius 2 is 1.90 bits per heavy atom. The van der Waals surface area contributed by atoms with Gasteiger partial charge in [0.15, 0.2) is 0 Å². The number of benzene rings is 1. The number of rotatable bonds is 5. The summed E-state index contributed by atoms with van der Waals surface area (Å²) in [5.74, 6) is 0.763. The van der Waals surface area contributed by atoms with Crippen molar-refractivity contribution in [3.8, 4) is 0 Å². The number of nitrogens with zero attached hydrogens (tertiary/aromatic N) is 2. The molecule has 4 nitrogen and oxygen atoms in total. The summed E-state index contributed by atoms with van der Waals surface area (Å²) in [6.45, 7) is 5.01. The molecule has 0 bridgehead atoms. The Balaban J connectivity index is 2.41. The molecule has 0 N–H and O–H groups in total.